The fourth-order valence-electron chi connectivity index (χ4n) is 2.96. The average molecular weight is 364 g/mol. The van der Waals surface area contributed by atoms with Crippen LogP contribution in [0, 0.1) is 0 Å². The summed E-state index contributed by atoms with van der Waals surface area (Å²) in [5, 5.41) is 10.4. The van der Waals surface area contributed by atoms with Gasteiger partial charge in [-0.25, -0.2) is 4.98 Å². The Hall–Kier alpha value is -2.50. The Bertz CT molecular complexity index is 1020. The number of hydrogen-bond donors (Lipinski definition) is 2. The predicted octanol–water partition coefficient (Wildman–Crippen LogP) is 5.50. The topological polar surface area (TPSA) is 37.0 Å². The quantitative estimate of drug-likeness (QED) is 0.472. The number of rotatable bonds is 3. The Morgan fingerprint density at radius 1 is 1.00 bits per heavy atom. The first-order valence-corrected chi connectivity index (χ1v) is 9.34. The first-order chi connectivity index (χ1) is 12.2. The summed E-state index contributed by atoms with van der Waals surface area (Å²) >= 11 is 7.09. The normalized spacial score (nSPS) is 12.2. The third kappa shape index (κ3) is 3.34. The Morgan fingerprint density at radius 2 is 1.76 bits per heavy atom. The van der Waals surface area contributed by atoms with E-state index in [4.69, 9.17) is 12.2 Å². The highest BCUT2D eigenvalue weighted by atomic mass is 32.1. The van der Waals surface area contributed by atoms with Gasteiger partial charge >= 0.3 is 0 Å². The molecule has 0 radical (unpaired) electrons. The Morgan fingerprint density at radius 3 is 2.64 bits per heavy atom. The van der Waals surface area contributed by atoms with Gasteiger partial charge in [0.25, 0.3) is 0 Å². The molecule has 1 aromatic heterocycles. The van der Waals surface area contributed by atoms with Crippen molar-refractivity contribution in [2.75, 3.05) is 5.32 Å². The second kappa shape index (κ2) is 6.78. The predicted molar refractivity (Wildman–Crippen MR) is 111 cm³/mol. The molecular weight excluding hydrogens is 346 g/mol. The number of para-hydroxylation sites is 1. The SMILES string of the molecule is C[C@@H](NC(=S)Nc1nc2ccccc2s1)c1cccc2ccccc12. The minimum absolute atomic E-state index is 0.0977. The van der Waals surface area contributed by atoms with Gasteiger partial charge in [-0.05, 0) is 47.6 Å². The van der Waals surface area contributed by atoms with E-state index >= 15 is 0 Å². The fraction of sp³-hybridized carbons (Fsp3) is 0.100. The van der Waals surface area contributed by atoms with Crippen LogP contribution in [0.1, 0.15) is 18.5 Å². The van der Waals surface area contributed by atoms with Gasteiger partial charge in [0.15, 0.2) is 10.2 Å². The number of anilines is 1. The molecule has 0 aliphatic rings. The minimum Gasteiger partial charge on any atom is -0.356 e. The first kappa shape index (κ1) is 16.0. The van der Waals surface area contributed by atoms with E-state index in [0.29, 0.717) is 5.11 Å². The number of nitrogens with one attached hydrogen (secondary N) is 2. The molecule has 0 unspecified atom stereocenters. The van der Waals surface area contributed by atoms with E-state index in [1.807, 2.05) is 18.2 Å². The summed E-state index contributed by atoms with van der Waals surface area (Å²) in [7, 11) is 0. The second-order valence-electron chi connectivity index (χ2n) is 5.88. The molecule has 2 N–H and O–H groups in total. The Labute approximate surface area is 155 Å². The smallest absolute Gasteiger partial charge is 0.190 e. The van der Waals surface area contributed by atoms with E-state index in [2.05, 4.69) is 71.1 Å². The van der Waals surface area contributed by atoms with Crippen LogP contribution >= 0.6 is 23.6 Å². The van der Waals surface area contributed by atoms with Crippen molar-refractivity contribution in [2.45, 2.75) is 13.0 Å². The zero-order valence-corrected chi connectivity index (χ0v) is 15.3. The highest BCUT2D eigenvalue weighted by Crippen LogP contribution is 2.26. The molecule has 1 atom stereocenters. The molecule has 4 rings (SSSR count). The molecular formula is C20H17N3S2. The molecule has 4 aromatic rings. The lowest BCUT2D eigenvalue weighted by atomic mass is 10.00. The molecule has 5 heteroatoms. The molecule has 25 heavy (non-hydrogen) atoms. The van der Waals surface area contributed by atoms with Gasteiger partial charge in [0, 0.05) is 0 Å². The maximum absolute atomic E-state index is 5.48. The zero-order valence-electron chi connectivity index (χ0n) is 13.7. The molecule has 1 heterocycles. The maximum Gasteiger partial charge on any atom is 0.190 e. The van der Waals surface area contributed by atoms with E-state index in [0.717, 1.165) is 15.3 Å². The summed E-state index contributed by atoms with van der Waals surface area (Å²) < 4.78 is 1.15. The number of fused-ring (bicyclic) bond motifs is 2. The third-order valence-electron chi connectivity index (χ3n) is 4.15. The standard InChI is InChI=1S/C20H17N3S2/c1-13(15-10-6-8-14-7-2-3-9-16(14)15)21-19(24)23-20-22-17-11-4-5-12-18(17)25-20/h2-13H,1H3,(H2,21,22,23,24)/t13-/m1/s1. The Balaban J connectivity index is 1.51. The number of nitrogens with zero attached hydrogens (tertiary/aromatic N) is 1. The summed E-state index contributed by atoms with van der Waals surface area (Å²) in [6, 6.07) is 22.9. The van der Waals surface area contributed by atoms with Crippen LogP contribution in [0.2, 0.25) is 0 Å². The summed E-state index contributed by atoms with van der Waals surface area (Å²) in [6.45, 7) is 2.12. The highest BCUT2D eigenvalue weighted by molar-refractivity contribution is 7.80. The van der Waals surface area contributed by atoms with Crippen LogP contribution in [-0.2, 0) is 0 Å². The molecule has 0 saturated carbocycles. The molecule has 0 aliphatic carbocycles. The summed E-state index contributed by atoms with van der Waals surface area (Å²) in [6.07, 6.45) is 0. The van der Waals surface area contributed by atoms with Gasteiger partial charge in [-0.1, -0.05) is 65.9 Å². The molecule has 0 amide bonds. The molecule has 0 fully saturated rings. The van der Waals surface area contributed by atoms with Crippen molar-refractivity contribution < 1.29 is 0 Å². The molecule has 0 saturated heterocycles. The summed E-state index contributed by atoms with van der Waals surface area (Å²) in [5.41, 5.74) is 2.21. The summed E-state index contributed by atoms with van der Waals surface area (Å²) in [4.78, 5) is 4.56. The zero-order chi connectivity index (χ0) is 17.2. The van der Waals surface area contributed by atoms with Gasteiger partial charge in [0.1, 0.15) is 0 Å². The molecule has 0 aliphatic heterocycles. The molecule has 0 bridgehead atoms. The van der Waals surface area contributed by atoms with Crippen LogP contribution in [0.25, 0.3) is 21.0 Å². The van der Waals surface area contributed by atoms with Gasteiger partial charge in [-0.15, -0.1) is 0 Å². The van der Waals surface area contributed by atoms with Crippen molar-refractivity contribution >= 4 is 54.8 Å². The van der Waals surface area contributed by atoms with Gasteiger partial charge < -0.3 is 10.6 Å². The van der Waals surface area contributed by atoms with Crippen LogP contribution in [0.15, 0.2) is 66.7 Å². The van der Waals surface area contributed by atoms with E-state index < -0.39 is 0 Å². The lowest BCUT2D eigenvalue weighted by molar-refractivity contribution is 0.729. The average Bonchev–Trinajstić information content (AvgIpc) is 3.03. The number of thiazole rings is 1. The van der Waals surface area contributed by atoms with E-state index in [1.54, 1.807) is 11.3 Å². The highest BCUT2D eigenvalue weighted by Gasteiger charge is 2.11. The Kier molecular flexibility index (Phi) is 4.34. The number of benzene rings is 3. The van der Waals surface area contributed by atoms with Crippen molar-refractivity contribution in [3.8, 4) is 0 Å². The molecule has 3 aromatic carbocycles. The van der Waals surface area contributed by atoms with E-state index in [-0.39, 0.29) is 6.04 Å². The van der Waals surface area contributed by atoms with Gasteiger partial charge in [0.2, 0.25) is 0 Å². The number of thiocarbonyl (C=S) groups is 1. The number of aromatic nitrogens is 1. The van der Waals surface area contributed by atoms with Crippen LogP contribution < -0.4 is 10.6 Å². The first-order valence-electron chi connectivity index (χ1n) is 8.11. The lowest BCUT2D eigenvalue weighted by Gasteiger charge is -2.18. The lowest BCUT2D eigenvalue weighted by Crippen LogP contribution is -2.30. The van der Waals surface area contributed by atoms with Gasteiger partial charge in [-0.2, -0.15) is 0 Å². The van der Waals surface area contributed by atoms with Crippen LogP contribution in [0.5, 0.6) is 0 Å². The fourth-order valence-corrected chi connectivity index (χ4v) is 4.17. The van der Waals surface area contributed by atoms with Crippen molar-refractivity contribution in [3.05, 3.63) is 72.3 Å². The van der Waals surface area contributed by atoms with Crippen molar-refractivity contribution in [1.29, 1.82) is 0 Å². The van der Waals surface area contributed by atoms with Crippen LogP contribution in [0.4, 0.5) is 5.13 Å². The largest absolute Gasteiger partial charge is 0.356 e. The maximum atomic E-state index is 5.48. The van der Waals surface area contributed by atoms with Gasteiger partial charge in [-0.3, -0.25) is 0 Å². The van der Waals surface area contributed by atoms with Crippen LogP contribution in [0.3, 0.4) is 0 Å². The second-order valence-corrected chi connectivity index (χ2v) is 7.31. The van der Waals surface area contributed by atoms with E-state index in [9.17, 15) is 0 Å². The molecule has 3 nitrogen and oxygen atoms in total. The number of hydrogen-bond acceptors (Lipinski definition) is 3. The molecule has 124 valence electrons. The van der Waals surface area contributed by atoms with Crippen molar-refractivity contribution in [3.63, 3.8) is 0 Å². The van der Waals surface area contributed by atoms with Crippen molar-refractivity contribution in [2.24, 2.45) is 0 Å². The van der Waals surface area contributed by atoms with Crippen molar-refractivity contribution in [1.82, 2.24) is 10.3 Å². The molecule has 0 spiro atoms. The third-order valence-corrected chi connectivity index (χ3v) is 5.32. The summed E-state index contributed by atoms with van der Waals surface area (Å²) in [5.74, 6) is 0. The van der Waals surface area contributed by atoms with Crippen LogP contribution in [-0.4, -0.2) is 10.1 Å². The monoisotopic (exact) mass is 363 g/mol. The minimum atomic E-state index is 0.0977. The van der Waals surface area contributed by atoms with Gasteiger partial charge in [0.05, 0.1) is 16.3 Å². The van der Waals surface area contributed by atoms with E-state index in [1.165, 1.54) is 16.3 Å².